The van der Waals surface area contributed by atoms with Gasteiger partial charge in [0.25, 0.3) is 0 Å². The molecule has 0 saturated heterocycles. The van der Waals surface area contributed by atoms with Crippen LogP contribution in [-0.2, 0) is 9.59 Å². The maximum Gasteiger partial charge on any atom is 0.312 e. The van der Waals surface area contributed by atoms with Crippen LogP contribution >= 0.6 is 0 Å². The fourth-order valence-corrected chi connectivity index (χ4v) is 10.1. The van der Waals surface area contributed by atoms with Crippen LogP contribution in [0.2, 0.25) is 0 Å². The predicted octanol–water partition coefficient (Wildman–Crippen LogP) is 5.88. The summed E-state index contributed by atoms with van der Waals surface area (Å²) in [5, 5.41) is 21.0. The van der Waals surface area contributed by atoms with E-state index in [2.05, 4.69) is 40.7 Å². The molecule has 184 valence electrons. The minimum absolute atomic E-state index is 0.0255. The van der Waals surface area contributed by atoms with Crippen LogP contribution < -0.4 is 0 Å². The molecule has 11 atom stereocenters. The van der Waals surface area contributed by atoms with E-state index in [9.17, 15) is 19.8 Å². The third kappa shape index (κ3) is 2.85. The Morgan fingerprint density at radius 1 is 0.939 bits per heavy atom. The molecule has 0 radical (unpaired) electrons. The zero-order valence-corrected chi connectivity index (χ0v) is 21.5. The van der Waals surface area contributed by atoms with Gasteiger partial charge in [-0.1, -0.05) is 40.2 Å². The van der Waals surface area contributed by atoms with Crippen molar-refractivity contribution >= 4 is 11.8 Å². The summed E-state index contributed by atoms with van der Waals surface area (Å²) in [4.78, 5) is 26.4. The van der Waals surface area contributed by atoms with Crippen molar-refractivity contribution in [3.63, 3.8) is 0 Å². The van der Waals surface area contributed by atoms with Gasteiger partial charge in [0.15, 0.2) is 5.78 Å². The SMILES string of the molecule is C[C@@H]1CC[C@]2(C)CC[C@]3(C)C(=CC(=O)C4C3CCC3[C@]4(C)CC[C@@H](O)[C@]3(C)C(=O)O)C2[C@H]1C. The highest BCUT2D eigenvalue weighted by Crippen LogP contribution is 2.71. The first-order valence-electron chi connectivity index (χ1n) is 13.5. The lowest BCUT2D eigenvalue weighted by Gasteiger charge is -2.66. The number of carbonyl (C=O) groups is 2. The second kappa shape index (κ2) is 7.18. The molecule has 4 heteroatoms. The molecule has 0 spiro atoms. The minimum Gasteiger partial charge on any atom is -0.481 e. The van der Waals surface area contributed by atoms with E-state index in [0.717, 1.165) is 25.7 Å². The number of aliphatic carboxylic acids is 1. The van der Waals surface area contributed by atoms with Crippen LogP contribution in [-0.4, -0.2) is 28.1 Å². The van der Waals surface area contributed by atoms with Crippen molar-refractivity contribution < 1.29 is 19.8 Å². The van der Waals surface area contributed by atoms with E-state index >= 15 is 0 Å². The Bertz CT molecular complexity index is 907. The zero-order valence-electron chi connectivity index (χ0n) is 21.5. The van der Waals surface area contributed by atoms with Gasteiger partial charge in [0, 0.05) is 5.92 Å². The Morgan fingerprint density at radius 3 is 2.30 bits per heavy atom. The summed E-state index contributed by atoms with van der Waals surface area (Å²) in [6.07, 6.45) is 9.03. The monoisotopic (exact) mass is 456 g/mol. The first-order valence-corrected chi connectivity index (χ1v) is 13.5. The van der Waals surface area contributed by atoms with Crippen molar-refractivity contribution in [3.05, 3.63) is 11.6 Å². The second-order valence-corrected chi connectivity index (χ2v) is 13.8. The van der Waals surface area contributed by atoms with E-state index in [1.807, 2.05) is 0 Å². The highest BCUT2D eigenvalue weighted by molar-refractivity contribution is 5.95. The molecule has 4 saturated carbocycles. The maximum absolute atomic E-state index is 14.0. The van der Waals surface area contributed by atoms with Gasteiger partial charge in [-0.3, -0.25) is 9.59 Å². The summed E-state index contributed by atoms with van der Waals surface area (Å²) in [6.45, 7) is 13.6. The molecule has 2 N–H and O–H groups in total. The quantitative estimate of drug-likeness (QED) is 0.517. The third-order valence-electron chi connectivity index (χ3n) is 12.5. The Labute approximate surface area is 199 Å². The molecule has 0 aromatic heterocycles. The smallest absolute Gasteiger partial charge is 0.312 e. The van der Waals surface area contributed by atoms with Gasteiger partial charge in [0.05, 0.1) is 11.5 Å². The second-order valence-electron chi connectivity index (χ2n) is 13.8. The maximum atomic E-state index is 14.0. The Hall–Kier alpha value is -1.16. The lowest BCUT2D eigenvalue weighted by atomic mass is 9.37. The van der Waals surface area contributed by atoms with Crippen LogP contribution in [0, 0.1) is 57.2 Å². The average Bonchev–Trinajstić information content (AvgIpc) is 2.75. The number of ketones is 1. The van der Waals surface area contributed by atoms with Crippen molar-refractivity contribution in [2.45, 2.75) is 99.0 Å². The van der Waals surface area contributed by atoms with Gasteiger partial charge in [0.2, 0.25) is 0 Å². The number of fused-ring (bicyclic) bond motifs is 7. The summed E-state index contributed by atoms with van der Waals surface area (Å²) in [5.41, 5.74) is 0.200. The van der Waals surface area contributed by atoms with Crippen molar-refractivity contribution in [2.75, 3.05) is 0 Å². The molecule has 5 rings (SSSR count). The lowest BCUT2D eigenvalue weighted by Crippen LogP contribution is -2.64. The molecule has 0 aromatic carbocycles. The molecule has 0 heterocycles. The Balaban J connectivity index is 1.60. The number of hydrogen-bond donors (Lipinski definition) is 2. The number of carbonyl (C=O) groups excluding carboxylic acids is 1. The normalized spacial score (nSPS) is 56.0. The molecule has 4 fully saturated rings. The van der Waals surface area contributed by atoms with Crippen molar-refractivity contribution in [1.82, 2.24) is 0 Å². The van der Waals surface area contributed by atoms with Gasteiger partial charge in [-0.2, -0.15) is 0 Å². The molecule has 0 aromatic rings. The van der Waals surface area contributed by atoms with Crippen LogP contribution in [0.25, 0.3) is 0 Å². The van der Waals surface area contributed by atoms with Crippen LogP contribution in [0.5, 0.6) is 0 Å². The van der Waals surface area contributed by atoms with E-state index in [-0.39, 0.29) is 34.4 Å². The van der Waals surface area contributed by atoms with Crippen molar-refractivity contribution in [3.8, 4) is 0 Å². The summed E-state index contributed by atoms with van der Waals surface area (Å²) < 4.78 is 0. The molecule has 33 heavy (non-hydrogen) atoms. The lowest BCUT2D eigenvalue weighted by molar-refractivity contribution is -0.199. The van der Waals surface area contributed by atoms with E-state index in [1.54, 1.807) is 6.92 Å². The fraction of sp³-hybridized carbons (Fsp3) is 0.862. The third-order valence-corrected chi connectivity index (χ3v) is 12.5. The standard InChI is InChI=1S/C29H44O4/c1-16-9-11-26(3)13-14-27(4)18-7-8-21-28(5,12-10-22(31)29(21,6)25(32)33)24(18)20(30)15-19(27)23(26)17(16)2/h15-18,21-24,31H,7-14H2,1-6H3,(H,32,33)/t16-,17+,18?,21?,22-,23?,24?,26-,27+,28+,29-/m1/s1. The van der Waals surface area contributed by atoms with Gasteiger partial charge < -0.3 is 10.2 Å². The van der Waals surface area contributed by atoms with Crippen LogP contribution in [0.1, 0.15) is 92.9 Å². The van der Waals surface area contributed by atoms with Crippen molar-refractivity contribution in [2.24, 2.45) is 57.2 Å². The number of aliphatic hydroxyl groups is 1. The van der Waals surface area contributed by atoms with E-state index in [0.29, 0.717) is 29.6 Å². The molecule has 4 unspecified atom stereocenters. The molecule has 5 aliphatic carbocycles. The van der Waals surface area contributed by atoms with E-state index in [1.165, 1.54) is 24.8 Å². The van der Waals surface area contributed by atoms with E-state index < -0.39 is 17.5 Å². The highest BCUT2D eigenvalue weighted by atomic mass is 16.4. The number of aliphatic hydroxyl groups excluding tert-OH is 1. The number of carboxylic acid groups (broad SMARTS) is 1. The molecule has 0 amide bonds. The minimum atomic E-state index is -1.18. The molecular weight excluding hydrogens is 412 g/mol. The zero-order chi connectivity index (χ0) is 24.1. The van der Waals surface area contributed by atoms with Crippen molar-refractivity contribution in [1.29, 1.82) is 0 Å². The summed E-state index contributed by atoms with van der Waals surface area (Å²) in [7, 11) is 0. The van der Waals surface area contributed by atoms with Gasteiger partial charge in [-0.25, -0.2) is 0 Å². The predicted molar refractivity (Wildman–Crippen MR) is 128 cm³/mol. The topological polar surface area (TPSA) is 74.6 Å². The van der Waals surface area contributed by atoms with Gasteiger partial charge in [-0.15, -0.1) is 0 Å². The fourth-order valence-electron chi connectivity index (χ4n) is 10.1. The van der Waals surface area contributed by atoms with Gasteiger partial charge in [0.1, 0.15) is 0 Å². The number of hydrogen-bond acceptors (Lipinski definition) is 3. The molecule has 5 aliphatic rings. The van der Waals surface area contributed by atoms with Crippen LogP contribution in [0.4, 0.5) is 0 Å². The van der Waals surface area contributed by atoms with Crippen LogP contribution in [0.15, 0.2) is 11.6 Å². The highest BCUT2D eigenvalue weighted by Gasteiger charge is 2.68. The number of carboxylic acids is 1. The summed E-state index contributed by atoms with van der Waals surface area (Å²) in [6, 6.07) is 0. The van der Waals surface area contributed by atoms with Gasteiger partial charge in [-0.05, 0) is 110 Å². The first kappa shape index (κ1) is 23.6. The Morgan fingerprint density at radius 2 is 1.64 bits per heavy atom. The molecular formula is C29H44O4. The molecule has 0 bridgehead atoms. The van der Waals surface area contributed by atoms with E-state index in [4.69, 9.17) is 0 Å². The van der Waals surface area contributed by atoms with Crippen LogP contribution in [0.3, 0.4) is 0 Å². The summed E-state index contributed by atoms with van der Waals surface area (Å²) >= 11 is 0. The molecule has 4 nitrogen and oxygen atoms in total. The Kier molecular flexibility index (Phi) is 5.13. The number of allylic oxidation sites excluding steroid dienone is 2. The molecule has 0 aliphatic heterocycles. The summed E-state index contributed by atoms with van der Waals surface area (Å²) in [5.74, 6) is 1.08. The number of rotatable bonds is 1. The van der Waals surface area contributed by atoms with Gasteiger partial charge >= 0.3 is 5.97 Å². The first-order chi connectivity index (χ1) is 15.3. The average molecular weight is 457 g/mol. The largest absolute Gasteiger partial charge is 0.481 e.